The first-order valence-electron chi connectivity index (χ1n) is 8.61. The lowest BCUT2D eigenvalue weighted by molar-refractivity contribution is -0.141. The number of hydrogen-bond acceptors (Lipinski definition) is 3. The van der Waals surface area contributed by atoms with Gasteiger partial charge in [0.15, 0.2) is 0 Å². The predicted octanol–water partition coefficient (Wildman–Crippen LogP) is 1.81. The van der Waals surface area contributed by atoms with Gasteiger partial charge < -0.3 is 4.90 Å². The number of nitrogens with zero attached hydrogens (tertiary/aromatic N) is 2. The second-order valence-electron chi connectivity index (χ2n) is 7.16. The summed E-state index contributed by atoms with van der Waals surface area (Å²) < 4.78 is 0. The van der Waals surface area contributed by atoms with E-state index in [9.17, 15) is 14.4 Å². The molecule has 5 heteroatoms. The van der Waals surface area contributed by atoms with E-state index in [0.29, 0.717) is 5.92 Å². The van der Waals surface area contributed by atoms with Gasteiger partial charge in [0, 0.05) is 26.1 Å². The Balaban J connectivity index is 1.55. The zero-order chi connectivity index (χ0) is 15.9. The van der Waals surface area contributed by atoms with Crippen molar-refractivity contribution in [1.29, 1.82) is 0 Å². The minimum Gasteiger partial charge on any atom is -0.343 e. The number of rotatable bonds is 5. The average Bonchev–Trinajstić information content (AvgIpc) is 3.34. The van der Waals surface area contributed by atoms with Crippen molar-refractivity contribution >= 4 is 17.7 Å². The summed E-state index contributed by atoms with van der Waals surface area (Å²) in [5, 5.41) is 0. The van der Waals surface area contributed by atoms with E-state index in [-0.39, 0.29) is 48.6 Å². The zero-order valence-corrected chi connectivity index (χ0v) is 13.6. The topological polar surface area (TPSA) is 57.7 Å². The van der Waals surface area contributed by atoms with Gasteiger partial charge in [-0.25, -0.2) is 0 Å². The van der Waals surface area contributed by atoms with E-state index >= 15 is 0 Å². The number of hydrogen-bond donors (Lipinski definition) is 0. The van der Waals surface area contributed by atoms with Crippen molar-refractivity contribution in [2.24, 2.45) is 17.8 Å². The molecule has 122 valence electrons. The Morgan fingerprint density at radius 2 is 1.68 bits per heavy atom. The third kappa shape index (κ3) is 2.77. The van der Waals surface area contributed by atoms with Gasteiger partial charge in [0.1, 0.15) is 0 Å². The second kappa shape index (κ2) is 6.01. The normalized spacial score (nSPS) is 29.5. The molecule has 3 amide bonds. The van der Waals surface area contributed by atoms with Crippen LogP contribution in [0.25, 0.3) is 0 Å². The summed E-state index contributed by atoms with van der Waals surface area (Å²) in [6, 6.07) is 0.264. The largest absolute Gasteiger partial charge is 0.343 e. The molecule has 0 spiro atoms. The molecule has 3 atom stereocenters. The molecule has 0 unspecified atom stereocenters. The number of carbonyl (C=O) groups is 3. The highest BCUT2D eigenvalue weighted by molar-refractivity contribution is 6.05. The SMILES string of the molecule is C[C@H](C1CC1)N(C)C(=O)CCN1C(=O)[C@H]2CCCC[C@H]2C1=O. The maximum absolute atomic E-state index is 12.4. The lowest BCUT2D eigenvalue weighted by Crippen LogP contribution is -2.40. The first-order valence-corrected chi connectivity index (χ1v) is 8.61. The molecule has 0 aromatic rings. The molecule has 0 radical (unpaired) electrons. The minimum atomic E-state index is -0.112. The Bertz CT molecular complexity index is 462. The van der Waals surface area contributed by atoms with Gasteiger partial charge >= 0.3 is 0 Å². The molecule has 2 aliphatic carbocycles. The van der Waals surface area contributed by atoms with Crippen molar-refractivity contribution in [2.75, 3.05) is 13.6 Å². The maximum atomic E-state index is 12.4. The summed E-state index contributed by atoms with van der Waals surface area (Å²) in [6.07, 6.45) is 6.39. The van der Waals surface area contributed by atoms with Crippen LogP contribution < -0.4 is 0 Å². The fourth-order valence-corrected chi connectivity index (χ4v) is 3.96. The Kier molecular flexibility index (Phi) is 4.24. The summed E-state index contributed by atoms with van der Waals surface area (Å²) in [7, 11) is 1.83. The van der Waals surface area contributed by atoms with Gasteiger partial charge in [-0.15, -0.1) is 0 Å². The highest BCUT2D eigenvalue weighted by atomic mass is 16.2. The highest BCUT2D eigenvalue weighted by Gasteiger charge is 2.48. The zero-order valence-electron chi connectivity index (χ0n) is 13.6. The summed E-state index contributed by atoms with van der Waals surface area (Å²) in [4.78, 5) is 40.2. The Hall–Kier alpha value is -1.39. The lowest BCUT2D eigenvalue weighted by atomic mass is 9.81. The van der Waals surface area contributed by atoms with Crippen LogP contribution in [-0.2, 0) is 14.4 Å². The van der Waals surface area contributed by atoms with Crippen molar-refractivity contribution in [2.45, 2.75) is 57.9 Å². The molecule has 1 heterocycles. The van der Waals surface area contributed by atoms with Gasteiger partial charge in [-0.3, -0.25) is 19.3 Å². The number of carbonyl (C=O) groups excluding carboxylic acids is 3. The van der Waals surface area contributed by atoms with Crippen molar-refractivity contribution in [3.63, 3.8) is 0 Å². The molecule has 3 rings (SSSR count). The highest BCUT2D eigenvalue weighted by Crippen LogP contribution is 2.38. The van der Waals surface area contributed by atoms with Gasteiger partial charge in [-0.05, 0) is 38.5 Å². The molecular weight excluding hydrogens is 280 g/mol. The molecule has 0 aromatic carbocycles. The molecule has 0 N–H and O–H groups in total. The summed E-state index contributed by atoms with van der Waals surface area (Å²) in [5.74, 6) is 0.362. The quantitative estimate of drug-likeness (QED) is 0.728. The molecule has 1 aliphatic heterocycles. The van der Waals surface area contributed by atoms with Gasteiger partial charge in [-0.1, -0.05) is 12.8 Å². The van der Waals surface area contributed by atoms with E-state index in [1.54, 1.807) is 4.90 Å². The maximum Gasteiger partial charge on any atom is 0.233 e. The fraction of sp³-hybridized carbons (Fsp3) is 0.824. The molecule has 0 aromatic heterocycles. The van der Waals surface area contributed by atoms with Crippen LogP contribution in [0.2, 0.25) is 0 Å². The number of amides is 3. The van der Waals surface area contributed by atoms with Crippen LogP contribution in [0.5, 0.6) is 0 Å². The van der Waals surface area contributed by atoms with Crippen LogP contribution in [0.15, 0.2) is 0 Å². The van der Waals surface area contributed by atoms with Gasteiger partial charge in [0.2, 0.25) is 17.7 Å². The Labute approximate surface area is 132 Å². The van der Waals surface area contributed by atoms with Crippen molar-refractivity contribution in [3.05, 3.63) is 0 Å². The molecule has 2 saturated carbocycles. The molecule has 3 fully saturated rings. The smallest absolute Gasteiger partial charge is 0.233 e. The number of imide groups is 1. The number of likely N-dealkylation sites (tertiary alicyclic amines) is 1. The Morgan fingerprint density at radius 1 is 1.14 bits per heavy atom. The Morgan fingerprint density at radius 3 is 2.18 bits per heavy atom. The first kappa shape index (κ1) is 15.5. The standard InChI is InChI=1S/C17H26N2O3/c1-11(12-7-8-12)18(2)15(20)9-10-19-16(21)13-5-3-4-6-14(13)17(19)22/h11-14H,3-10H2,1-2H3/t11-,13-,14+/m1/s1. The third-order valence-electron chi connectivity index (χ3n) is 5.79. The summed E-state index contributed by atoms with van der Waals surface area (Å²) >= 11 is 0. The van der Waals surface area contributed by atoms with Crippen LogP contribution >= 0.6 is 0 Å². The molecule has 1 saturated heterocycles. The van der Waals surface area contributed by atoms with Crippen LogP contribution in [0.3, 0.4) is 0 Å². The second-order valence-corrected chi connectivity index (χ2v) is 7.16. The van der Waals surface area contributed by atoms with Crippen LogP contribution in [0.4, 0.5) is 0 Å². The van der Waals surface area contributed by atoms with Crippen molar-refractivity contribution in [3.8, 4) is 0 Å². The van der Waals surface area contributed by atoms with E-state index in [1.807, 2.05) is 7.05 Å². The van der Waals surface area contributed by atoms with Gasteiger partial charge in [0.05, 0.1) is 11.8 Å². The third-order valence-corrected chi connectivity index (χ3v) is 5.79. The fourth-order valence-electron chi connectivity index (χ4n) is 3.96. The molecule has 22 heavy (non-hydrogen) atoms. The summed E-state index contributed by atoms with van der Waals surface area (Å²) in [6.45, 7) is 2.33. The van der Waals surface area contributed by atoms with Crippen LogP contribution in [0, 0.1) is 17.8 Å². The van der Waals surface area contributed by atoms with Gasteiger partial charge in [-0.2, -0.15) is 0 Å². The molecule has 0 bridgehead atoms. The van der Waals surface area contributed by atoms with E-state index in [0.717, 1.165) is 25.7 Å². The van der Waals surface area contributed by atoms with E-state index in [1.165, 1.54) is 17.7 Å². The average molecular weight is 306 g/mol. The van der Waals surface area contributed by atoms with Crippen molar-refractivity contribution < 1.29 is 14.4 Å². The van der Waals surface area contributed by atoms with Gasteiger partial charge in [0.25, 0.3) is 0 Å². The summed E-state index contributed by atoms with van der Waals surface area (Å²) in [5.41, 5.74) is 0. The first-order chi connectivity index (χ1) is 10.5. The lowest BCUT2D eigenvalue weighted by Gasteiger charge is -2.25. The van der Waals surface area contributed by atoms with Crippen LogP contribution in [-0.4, -0.2) is 47.2 Å². The predicted molar refractivity (Wildman–Crippen MR) is 81.7 cm³/mol. The number of fused-ring (bicyclic) bond motifs is 1. The molecule has 5 nitrogen and oxygen atoms in total. The van der Waals surface area contributed by atoms with Crippen LogP contribution in [0.1, 0.15) is 51.9 Å². The molecule has 3 aliphatic rings. The monoisotopic (exact) mass is 306 g/mol. The van der Waals surface area contributed by atoms with E-state index in [2.05, 4.69) is 6.92 Å². The molecular formula is C17H26N2O3. The minimum absolute atomic E-state index is 0.0369. The van der Waals surface area contributed by atoms with E-state index in [4.69, 9.17) is 0 Å². The van der Waals surface area contributed by atoms with E-state index < -0.39 is 0 Å². The van der Waals surface area contributed by atoms with Crippen molar-refractivity contribution in [1.82, 2.24) is 9.80 Å².